The first kappa shape index (κ1) is 21.1. The second kappa shape index (κ2) is 8.94. The minimum absolute atomic E-state index is 0.0308. The number of carbonyl (C=O) groups excluding carboxylic acids is 1. The molecule has 160 valence electrons. The molecule has 1 atom stereocenters. The molecule has 2 aromatic carbocycles. The molecule has 0 unspecified atom stereocenters. The Kier molecular flexibility index (Phi) is 6.10. The molecular formula is C24H25N3O3S. The Balaban J connectivity index is 1.64. The highest BCUT2D eigenvalue weighted by molar-refractivity contribution is 8.03. The van der Waals surface area contributed by atoms with Gasteiger partial charge in [-0.25, -0.2) is 0 Å². The number of hydrogen-bond acceptors (Lipinski definition) is 6. The number of amides is 1. The van der Waals surface area contributed by atoms with Crippen LogP contribution in [0.4, 0.5) is 5.69 Å². The fraction of sp³-hybridized carbons (Fsp3) is 0.333. The van der Waals surface area contributed by atoms with Crippen molar-refractivity contribution in [1.82, 2.24) is 4.90 Å². The lowest BCUT2D eigenvalue weighted by molar-refractivity contribution is -0.129. The predicted molar refractivity (Wildman–Crippen MR) is 122 cm³/mol. The number of benzene rings is 2. The number of allylic oxidation sites excluding steroid dienone is 1. The summed E-state index contributed by atoms with van der Waals surface area (Å²) in [5.41, 5.74) is 3.83. The Morgan fingerprint density at radius 2 is 1.94 bits per heavy atom. The first-order valence-corrected chi connectivity index (χ1v) is 11.2. The molecular weight excluding hydrogens is 410 g/mol. The summed E-state index contributed by atoms with van der Waals surface area (Å²) < 4.78 is 10.8. The van der Waals surface area contributed by atoms with Gasteiger partial charge in [-0.2, -0.15) is 5.26 Å². The van der Waals surface area contributed by atoms with Gasteiger partial charge >= 0.3 is 0 Å². The molecule has 0 radical (unpaired) electrons. The monoisotopic (exact) mass is 435 g/mol. The summed E-state index contributed by atoms with van der Waals surface area (Å²) in [6.45, 7) is 2.50. The van der Waals surface area contributed by atoms with Gasteiger partial charge in [-0.15, -0.1) is 0 Å². The lowest BCUT2D eigenvalue weighted by Crippen LogP contribution is -2.47. The molecule has 4 rings (SSSR count). The summed E-state index contributed by atoms with van der Waals surface area (Å²) >= 11 is 1.52. The zero-order valence-electron chi connectivity index (χ0n) is 17.9. The van der Waals surface area contributed by atoms with Crippen molar-refractivity contribution in [2.24, 2.45) is 0 Å². The summed E-state index contributed by atoms with van der Waals surface area (Å²) in [4.78, 5) is 16.9. The number of fused-ring (bicyclic) bond motifs is 1. The van der Waals surface area contributed by atoms with Crippen LogP contribution in [0.1, 0.15) is 30.4 Å². The van der Waals surface area contributed by atoms with E-state index in [1.165, 1.54) is 17.3 Å². The molecule has 2 aliphatic rings. The second-order valence-electron chi connectivity index (χ2n) is 7.50. The molecule has 2 heterocycles. The molecule has 0 N–H and O–H groups in total. The lowest BCUT2D eigenvalue weighted by atomic mass is 9.86. The van der Waals surface area contributed by atoms with E-state index in [4.69, 9.17) is 9.47 Å². The normalized spacial score (nSPS) is 18.5. The smallest absolute Gasteiger partial charge is 0.229 e. The van der Waals surface area contributed by atoms with E-state index in [9.17, 15) is 10.1 Å². The third-order valence-corrected chi connectivity index (χ3v) is 6.97. The fourth-order valence-electron chi connectivity index (χ4n) is 4.03. The van der Waals surface area contributed by atoms with Crippen LogP contribution < -0.4 is 14.4 Å². The second-order valence-corrected chi connectivity index (χ2v) is 8.43. The molecule has 0 spiro atoms. The van der Waals surface area contributed by atoms with Gasteiger partial charge in [0.25, 0.3) is 0 Å². The number of aryl methyl sites for hydroxylation is 1. The van der Waals surface area contributed by atoms with E-state index in [2.05, 4.69) is 30.0 Å². The van der Waals surface area contributed by atoms with Crippen LogP contribution in [0.25, 0.3) is 0 Å². The van der Waals surface area contributed by atoms with E-state index in [-0.39, 0.29) is 11.8 Å². The van der Waals surface area contributed by atoms with Crippen molar-refractivity contribution in [3.63, 3.8) is 0 Å². The van der Waals surface area contributed by atoms with Crippen molar-refractivity contribution in [3.8, 4) is 17.6 Å². The maximum atomic E-state index is 13.1. The third kappa shape index (κ3) is 3.96. The number of nitrogens with zero attached hydrogens (tertiary/aromatic N) is 3. The average molecular weight is 436 g/mol. The van der Waals surface area contributed by atoms with Crippen LogP contribution in [0, 0.1) is 11.3 Å². The molecule has 0 aliphatic carbocycles. The Hall–Kier alpha value is -3.11. The molecule has 0 saturated carbocycles. The van der Waals surface area contributed by atoms with Crippen LogP contribution in [0.3, 0.4) is 0 Å². The van der Waals surface area contributed by atoms with E-state index in [1.54, 1.807) is 19.1 Å². The molecule has 31 heavy (non-hydrogen) atoms. The molecule has 0 bridgehead atoms. The Labute approximate surface area is 187 Å². The van der Waals surface area contributed by atoms with Crippen LogP contribution in [0.5, 0.6) is 11.5 Å². The minimum atomic E-state index is -0.191. The van der Waals surface area contributed by atoms with Gasteiger partial charge in [-0.1, -0.05) is 43.0 Å². The molecule has 2 aromatic rings. The minimum Gasteiger partial charge on any atom is -0.497 e. The van der Waals surface area contributed by atoms with Gasteiger partial charge in [0.2, 0.25) is 5.91 Å². The lowest BCUT2D eigenvalue weighted by Gasteiger charge is -2.42. The van der Waals surface area contributed by atoms with Crippen LogP contribution in [0.15, 0.2) is 53.1 Å². The molecule has 1 amide bonds. The predicted octanol–water partition coefficient (Wildman–Crippen LogP) is 4.49. The van der Waals surface area contributed by atoms with Crippen LogP contribution in [-0.2, 0) is 11.2 Å². The topological polar surface area (TPSA) is 65.8 Å². The van der Waals surface area contributed by atoms with Gasteiger partial charge in [0.1, 0.15) is 11.5 Å². The Morgan fingerprint density at radius 3 is 2.58 bits per heavy atom. The highest BCUT2D eigenvalue weighted by Gasteiger charge is 2.38. The zero-order valence-corrected chi connectivity index (χ0v) is 18.7. The Morgan fingerprint density at radius 1 is 1.16 bits per heavy atom. The van der Waals surface area contributed by atoms with Crippen molar-refractivity contribution in [1.29, 1.82) is 5.26 Å². The standard InChI is InChI=1S/C24H25N3O3S/c1-4-16-5-7-17(8-6-16)19-12-23(28)27-14-26(15-31-24(27)20(19)13-25)21-10-9-18(29-2)11-22(21)30-3/h5-11,19H,4,12,14-15H2,1-3H3/t19-/m1/s1. The molecule has 7 heteroatoms. The van der Waals surface area contributed by atoms with Crippen molar-refractivity contribution < 1.29 is 14.3 Å². The maximum absolute atomic E-state index is 13.1. The van der Waals surface area contributed by atoms with E-state index in [0.29, 0.717) is 36.0 Å². The number of nitriles is 1. The van der Waals surface area contributed by atoms with Crippen LogP contribution in [0.2, 0.25) is 0 Å². The summed E-state index contributed by atoms with van der Waals surface area (Å²) in [6, 6.07) is 16.3. The number of rotatable bonds is 5. The largest absolute Gasteiger partial charge is 0.497 e. The van der Waals surface area contributed by atoms with Gasteiger partial charge in [0.15, 0.2) is 0 Å². The average Bonchev–Trinajstić information content (AvgIpc) is 2.83. The summed E-state index contributed by atoms with van der Waals surface area (Å²) in [7, 11) is 3.24. The van der Waals surface area contributed by atoms with Crippen LogP contribution in [-0.4, -0.2) is 37.6 Å². The van der Waals surface area contributed by atoms with E-state index < -0.39 is 0 Å². The Bertz CT molecular complexity index is 1060. The van der Waals surface area contributed by atoms with Gasteiger partial charge < -0.3 is 14.4 Å². The summed E-state index contributed by atoms with van der Waals surface area (Å²) in [5, 5.41) is 10.7. The molecule has 0 aromatic heterocycles. The first-order valence-electron chi connectivity index (χ1n) is 10.2. The quantitative estimate of drug-likeness (QED) is 0.690. The molecule has 2 aliphatic heterocycles. The van der Waals surface area contributed by atoms with E-state index >= 15 is 0 Å². The molecule has 6 nitrogen and oxygen atoms in total. The molecule has 1 fully saturated rings. The number of thioether (sulfide) groups is 1. The van der Waals surface area contributed by atoms with Crippen molar-refractivity contribution >= 4 is 23.4 Å². The number of hydrogen-bond donors (Lipinski definition) is 0. The van der Waals surface area contributed by atoms with Crippen molar-refractivity contribution in [2.45, 2.75) is 25.7 Å². The van der Waals surface area contributed by atoms with Crippen molar-refractivity contribution in [3.05, 3.63) is 64.2 Å². The number of methoxy groups -OCH3 is 2. The van der Waals surface area contributed by atoms with Crippen LogP contribution >= 0.6 is 11.8 Å². The number of carbonyl (C=O) groups is 1. The van der Waals surface area contributed by atoms with Crippen molar-refractivity contribution in [2.75, 3.05) is 31.7 Å². The van der Waals surface area contributed by atoms with Gasteiger partial charge in [-0.05, 0) is 29.7 Å². The van der Waals surface area contributed by atoms with E-state index in [0.717, 1.165) is 22.7 Å². The van der Waals surface area contributed by atoms with Gasteiger partial charge in [0.05, 0.1) is 49.1 Å². The summed E-state index contributed by atoms with van der Waals surface area (Å²) in [6.07, 6.45) is 1.26. The van der Waals surface area contributed by atoms with Gasteiger partial charge in [-0.3, -0.25) is 9.69 Å². The highest BCUT2D eigenvalue weighted by atomic mass is 32.2. The third-order valence-electron chi connectivity index (χ3n) is 5.81. The number of ether oxygens (including phenoxy) is 2. The SMILES string of the molecule is CCc1ccc([C@H]2CC(=O)N3CN(c4ccc(OC)cc4OC)CSC3=C2C#N)cc1. The maximum Gasteiger partial charge on any atom is 0.229 e. The first-order chi connectivity index (χ1) is 15.1. The zero-order chi connectivity index (χ0) is 22.0. The molecule has 1 saturated heterocycles. The highest BCUT2D eigenvalue weighted by Crippen LogP contribution is 2.44. The number of anilines is 1. The fourth-order valence-corrected chi connectivity index (χ4v) is 5.19. The summed E-state index contributed by atoms with van der Waals surface area (Å²) in [5.74, 6) is 1.86. The van der Waals surface area contributed by atoms with E-state index in [1.807, 2.05) is 30.3 Å². The van der Waals surface area contributed by atoms with Gasteiger partial charge in [0, 0.05) is 18.4 Å².